The van der Waals surface area contributed by atoms with Gasteiger partial charge in [0.05, 0.1) is 19.4 Å². The molecule has 0 aliphatic rings. The van der Waals surface area contributed by atoms with Crippen LogP contribution in [0.3, 0.4) is 0 Å². The molecule has 2 rings (SSSR count). The van der Waals surface area contributed by atoms with Crippen LogP contribution in [0.5, 0.6) is 5.75 Å². The number of hydrogen-bond acceptors (Lipinski definition) is 4. The van der Waals surface area contributed by atoms with E-state index in [4.69, 9.17) is 9.15 Å². The molecule has 0 fully saturated rings. The van der Waals surface area contributed by atoms with Gasteiger partial charge in [0.15, 0.2) is 0 Å². The Morgan fingerprint density at radius 1 is 1.30 bits per heavy atom. The Hall–Kier alpha value is -1.79. The van der Waals surface area contributed by atoms with Crippen molar-refractivity contribution in [3.63, 3.8) is 0 Å². The Balaban J connectivity index is 2.39. The maximum atomic E-state index is 12.7. The first-order chi connectivity index (χ1) is 10.8. The van der Waals surface area contributed by atoms with Crippen LogP contribution in [0, 0.1) is 6.92 Å². The lowest BCUT2D eigenvalue weighted by atomic mass is 9.98. The van der Waals surface area contributed by atoms with Gasteiger partial charge in [-0.05, 0) is 55.2 Å². The van der Waals surface area contributed by atoms with Gasteiger partial charge in [0.25, 0.3) is 0 Å². The van der Waals surface area contributed by atoms with Crippen LogP contribution in [-0.4, -0.2) is 15.0 Å². The lowest BCUT2D eigenvalue weighted by Crippen LogP contribution is -2.24. The maximum Gasteiger partial charge on any atom is 0.244 e. The summed E-state index contributed by atoms with van der Waals surface area (Å²) in [6.45, 7) is 8.38. The van der Waals surface area contributed by atoms with E-state index in [1.165, 1.54) is 6.26 Å². The van der Waals surface area contributed by atoms with Gasteiger partial charge in [-0.1, -0.05) is 13.8 Å². The van der Waals surface area contributed by atoms with Crippen molar-refractivity contribution >= 4 is 10.0 Å². The summed E-state index contributed by atoms with van der Waals surface area (Å²) in [4.78, 5) is 0.167. The second-order valence-corrected chi connectivity index (χ2v) is 7.38. The van der Waals surface area contributed by atoms with Crippen molar-refractivity contribution in [2.75, 3.05) is 6.61 Å². The molecule has 23 heavy (non-hydrogen) atoms. The summed E-state index contributed by atoms with van der Waals surface area (Å²) in [5, 5.41) is 0. The Morgan fingerprint density at radius 3 is 2.61 bits per heavy atom. The Bertz CT molecular complexity index is 749. The highest BCUT2D eigenvalue weighted by Crippen LogP contribution is 2.31. The Kier molecular flexibility index (Phi) is 5.49. The van der Waals surface area contributed by atoms with Crippen LogP contribution in [0.4, 0.5) is 0 Å². The van der Waals surface area contributed by atoms with Gasteiger partial charge in [0.2, 0.25) is 10.0 Å². The summed E-state index contributed by atoms with van der Waals surface area (Å²) in [5.74, 6) is 1.16. The summed E-state index contributed by atoms with van der Waals surface area (Å²) in [5.41, 5.74) is 2.01. The number of benzene rings is 1. The second-order valence-electron chi connectivity index (χ2n) is 5.65. The molecule has 0 aliphatic heterocycles. The van der Waals surface area contributed by atoms with E-state index in [9.17, 15) is 8.42 Å². The Morgan fingerprint density at radius 2 is 2.04 bits per heavy atom. The van der Waals surface area contributed by atoms with Gasteiger partial charge in [-0.15, -0.1) is 0 Å². The monoisotopic (exact) mass is 337 g/mol. The first-order valence-electron chi connectivity index (χ1n) is 7.64. The molecule has 0 unspecified atom stereocenters. The van der Waals surface area contributed by atoms with Crippen molar-refractivity contribution in [1.82, 2.24) is 4.72 Å². The van der Waals surface area contributed by atoms with Gasteiger partial charge in [-0.25, -0.2) is 13.1 Å². The van der Waals surface area contributed by atoms with Crippen molar-refractivity contribution in [2.24, 2.45) is 0 Å². The highest BCUT2D eigenvalue weighted by atomic mass is 32.2. The van der Waals surface area contributed by atoms with Gasteiger partial charge in [0.1, 0.15) is 16.4 Å². The topological polar surface area (TPSA) is 68.5 Å². The quantitative estimate of drug-likeness (QED) is 0.838. The van der Waals surface area contributed by atoms with E-state index in [0.717, 1.165) is 11.1 Å². The van der Waals surface area contributed by atoms with Crippen molar-refractivity contribution < 1.29 is 17.6 Å². The van der Waals surface area contributed by atoms with E-state index in [-0.39, 0.29) is 17.4 Å². The van der Waals surface area contributed by atoms with Crippen LogP contribution in [0.25, 0.3) is 0 Å². The lowest BCUT2D eigenvalue weighted by Gasteiger charge is -2.17. The molecule has 0 saturated carbocycles. The van der Waals surface area contributed by atoms with Crippen molar-refractivity contribution in [3.8, 4) is 5.75 Å². The minimum absolute atomic E-state index is 0.103. The molecule has 0 atom stereocenters. The van der Waals surface area contributed by atoms with E-state index in [1.807, 2.05) is 27.7 Å². The van der Waals surface area contributed by atoms with Crippen molar-refractivity contribution in [1.29, 1.82) is 0 Å². The van der Waals surface area contributed by atoms with Crippen LogP contribution in [0.1, 0.15) is 43.6 Å². The third-order valence-corrected chi connectivity index (χ3v) is 4.98. The number of furan rings is 1. The standard InChI is InChI=1S/C17H23NO4S/c1-5-21-16-9-13(4)15(12(2)3)10-17(16)23(19,20)18-11-14-7-6-8-22-14/h6-10,12,18H,5,11H2,1-4H3. The summed E-state index contributed by atoms with van der Waals surface area (Å²) in [6, 6.07) is 6.94. The first kappa shape index (κ1) is 17.6. The molecular formula is C17H23NO4S. The molecule has 1 heterocycles. The smallest absolute Gasteiger partial charge is 0.244 e. The summed E-state index contributed by atoms with van der Waals surface area (Å²) < 4.78 is 38.6. The molecule has 1 aromatic heterocycles. The van der Waals surface area contributed by atoms with Gasteiger partial charge >= 0.3 is 0 Å². The predicted octanol–water partition coefficient (Wildman–Crippen LogP) is 3.59. The summed E-state index contributed by atoms with van der Waals surface area (Å²) in [6.07, 6.45) is 1.51. The van der Waals surface area contributed by atoms with E-state index in [0.29, 0.717) is 18.1 Å². The normalized spacial score (nSPS) is 11.9. The lowest BCUT2D eigenvalue weighted by molar-refractivity contribution is 0.330. The number of aryl methyl sites for hydroxylation is 1. The second kappa shape index (κ2) is 7.19. The predicted molar refractivity (Wildman–Crippen MR) is 89.2 cm³/mol. The van der Waals surface area contributed by atoms with Crippen molar-refractivity contribution in [2.45, 2.75) is 45.1 Å². The zero-order valence-corrected chi connectivity index (χ0v) is 14.7. The number of rotatable bonds is 7. The summed E-state index contributed by atoms with van der Waals surface area (Å²) >= 11 is 0. The molecule has 6 heteroatoms. The fourth-order valence-electron chi connectivity index (χ4n) is 2.43. The van der Waals surface area contributed by atoms with E-state index >= 15 is 0 Å². The third-order valence-electron chi connectivity index (χ3n) is 3.56. The highest BCUT2D eigenvalue weighted by molar-refractivity contribution is 7.89. The fraction of sp³-hybridized carbons (Fsp3) is 0.412. The number of sulfonamides is 1. The molecule has 0 spiro atoms. The maximum absolute atomic E-state index is 12.7. The van der Waals surface area contributed by atoms with Crippen LogP contribution in [-0.2, 0) is 16.6 Å². The van der Waals surface area contributed by atoms with Gasteiger partial charge in [-0.2, -0.15) is 0 Å². The highest BCUT2D eigenvalue weighted by Gasteiger charge is 2.22. The molecule has 1 aromatic carbocycles. The van der Waals surface area contributed by atoms with Crippen molar-refractivity contribution in [3.05, 3.63) is 47.4 Å². The molecule has 0 radical (unpaired) electrons. The molecule has 0 saturated heterocycles. The summed E-state index contributed by atoms with van der Waals surface area (Å²) in [7, 11) is -3.70. The molecule has 0 bridgehead atoms. The van der Waals surface area contributed by atoms with Gasteiger partial charge in [-0.3, -0.25) is 0 Å². The van der Waals surface area contributed by atoms with E-state index in [2.05, 4.69) is 4.72 Å². The van der Waals surface area contributed by atoms with Crippen LogP contribution in [0.15, 0.2) is 39.8 Å². The van der Waals surface area contributed by atoms with Gasteiger partial charge < -0.3 is 9.15 Å². The molecular weight excluding hydrogens is 314 g/mol. The molecule has 0 aliphatic carbocycles. The minimum atomic E-state index is -3.70. The van der Waals surface area contributed by atoms with Crippen LogP contribution < -0.4 is 9.46 Å². The SMILES string of the molecule is CCOc1cc(C)c(C(C)C)cc1S(=O)(=O)NCc1ccco1. The molecule has 5 nitrogen and oxygen atoms in total. The molecule has 1 N–H and O–H groups in total. The average Bonchev–Trinajstić information content (AvgIpc) is 2.98. The zero-order valence-electron chi connectivity index (χ0n) is 13.9. The minimum Gasteiger partial charge on any atom is -0.492 e. The number of hydrogen-bond donors (Lipinski definition) is 1. The average molecular weight is 337 g/mol. The molecule has 2 aromatic rings. The van der Waals surface area contributed by atoms with Gasteiger partial charge in [0, 0.05) is 0 Å². The largest absolute Gasteiger partial charge is 0.492 e. The number of ether oxygens (including phenoxy) is 1. The fourth-order valence-corrected chi connectivity index (χ4v) is 3.59. The zero-order chi connectivity index (χ0) is 17.0. The third kappa shape index (κ3) is 4.14. The van der Waals surface area contributed by atoms with Crippen LogP contribution in [0.2, 0.25) is 0 Å². The Labute approximate surface area is 137 Å². The van der Waals surface area contributed by atoms with Crippen LogP contribution >= 0.6 is 0 Å². The molecule has 0 amide bonds. The first-order valence-corrected chi connectivity index (χ1v) is 9.13. The number of nitrogens with one attached hydrogen (secondary N) is 1. The van der Waals surface area contributed by atoms with E-state index in [1.54, 1.807) is 24.3 Å². The molecule has 126 valence electrons. The van der Waals surface area contributed by atoms with E-state index < -0.39 is 10.0 Å².